The molecule has 6 rings (SSSR count). The van der Waals surface area contributed by atoms with Crippen molar-refractivity contribution in [3.8, 4) is 22.6 Å². The van der Waals surface area contributed by atoms with E-state index in [1.54, 1.807) is 11.6 Å². The van der Waals surface area contributed by atoms with Crippen LogP contribution in [-0.2, 0) is 7.05 Å². The summed E-state index contributed by atoms with van der Waals surface area (Å²) in [6.07, 6.45) is 3.69. The molecule has 2 aromatic heterocycles. The highest BCUT2D eigenvalue weighted by atomic mass is 16.5. The Morgan fingerprint density at radius 2 is 1.79 bits per heavy atom. The van der Waals surface area contributed by atoms with Crippen molar-refractivity contribution in [2.24, 2.45) is 7.05 Å². The van der Waals surface area contributed by atoms with Gasteiger partial charge in [-0.2, -0.15) is 0 Å². The first-order valence-corrected chi connectivity index (χ1v) is 11.9. The first kappa shape index (κ1) is 21.0. The average molecular weight is 456 g/mol. The number of rotatable bonds is 5. The summed E-state index contributed by atoms with van der Waals surface area (Å²) in [7, 11) is 1.78. The lowest BCUT2D eigenvalue weighted by Crippen LogP contribution is -2.62. The second kappa shape index (κ2) is 8.66. The third-order valence-electron chi connectivity index (χ3n) is 7.01. The lowest BCUT2D eigenvalue weighted by molar-refractivity contribution is 0.147. The Balaban J connectivity index is 1.25. The molecule has 4 heterocycles. The van der Waals surface area contributed by atoms with Gasteiger partial charge in [-0.05, 0) is 24.3 Å². The number of ether oxygens (including phenoxy) is 1. The van der Waals surface area contributed by atoms with E-state index in [9.17, 15) is 4.79 Å². The number of aromatic nitrogens is 2. The van der Waals surface area contributed by atoms with E-state index in [0.29, 0.717) is 11.6 Å². The fraction of sp³-hybridized carbons (Fsp3) is 0.296. The van der Waals surface area contributed by atoms with Crippen LogP contribution in [0.3, 0.4) is 0 Å². The van der Waals surface area contributed by atoms with E-state index >= 15 is 0 Å². The standard InChI is InChI=1S/C27H29N5O2/c1-30-18-24(23-9-10-29-26(23)27(30)33)22-7-2-3-8-25(22)34-21-6-4-5-19(15-21)32-16-20(17-32)31-13-11-28-12-14-31/h2-10,15,18,20,28-29H,11-14,16-17H2,1H3. The van der Waals surface area contributed by atoms with Gasteiger partial charge in [0.1, 0.15) is 17.0 Å². The van der Waals surface area contributed by atoms with Gasteiger partial charge in [-0.15, -0.1) is 0 Å². The predicted octanol–water partition coefficient (Wildman–Crippen LogP) is 3.42. The molecule has 0 saturated carbocycles. The molecule has 2 aliphatic heterocycles. The molecule has 0 unspecified atom stereocenters. The van der Waals surface area contributed by atoms with Gasteiger partial charge in [-0.3, -0.25) is 9.69 Å². The molecule has 34 heavy (non-hydrogen) atoms. The molecular formula is C27H29N5O2. The van der Waals surface area contributed by atoms with E-state index in [-0.39, 0.29) is 5.56 Å². The number of nitrogens with one attached hydrogen (secondary N) is 2. The van der Waals surface area contributed by atoms with Gasteiger partial charge in [0.15, 0.2) is 0 Å². The zero-order valence-electron chi connectivity index (χ0n) is 19.3. The average Bonchev–Trinajstić information content (AvgIpc) is 3.32. The molecule has 4 aromatic rings. The number of benzene rings is 2. The Labute approximate surface area is 198 Å². The van der Waals surface area contributed by atoms with Gasteiger partial charge in [0.05, 0.1) is 0 Å². The molecule has 2 fully saturated rings. The molecule has 0 spiro atoms. The van der Waals surface area contributed by atoms with Crippen molar-refractivity contribution in [1.29, 1.82) is 0 Å². The second-order valence-electron chi connectivity index (χ2n) is 9.17. The molecule has 2 aliphatic rings. The molecule has 2 N–H and O–H groups in total. The summed E-state index contributed by atoms with van der Waals surface area (Å²) in [6.45, 7) is 6.57. The maximum Gasteiger partial charge on any atom is 0.274 e. The quantitative estimate of drug-likeness (QED) is 0.483. The molecule has 7 heteroatoms. The third-order valence-corrected chi connectivity index (χ3v) is 7.01. The van der Waals surface area contributed by atoms with Crippen LogP contribution in [0.1, 0.15) is 0 Å². The number of para-hydroxylation sites is 1. The lowest BCUT2D eigenvalue weighted by atomic mass is 10.0. The minimum absolute atomic E-state index is 0.0384. The Kier molecular flexibility index (Phi) is 5.36. The van der Waals surface area contributed by atoms with E-state index in [1.807, 2.05) is 48.8 Å². The van der Waals surface area contributed by atoms with Gasteiger partial charge in [-0.1, -0.05) is 24.3 Å². The summed E-state index contributed by atoms with van der Waals surface area (Å²) in [5.74, 6) is 1.58. The van der Waals surface area contributed by atoms with Crippen molar-refractivity contribution in [2.75, 3.05) is 44.2 Å². The van der Waals surface area contributed by atoms with Crippen molar-refractivity contribution in [3.05, 3.63) is 77.3 Å². The topological polar surface area (TPSA) is 65.5 Å². The fourth-order valence-electron chi connectivity index (χ4n) is 5.08. The van der Waals surface area contributed by atoms with Crippen LogP contribution in [0.5, 0.6) is 11.5 Å². The predicted molar refractivity (Wildman–Crippen MR) is 136 cm³/mol. The number of hydrogen-bond acceptors (Lipinski definition) is 5. The van der Waals surface area contributed by atoms with Crippen LogP contribution in [0.4, 0.5) is 5.69 Å². The summed E-state index contributed by atoms with van der Waals surface area (Å²) in [4.78, 5) is 20.6. The van der Waals surface area contributed by atoms with E-state index in [4.69, 9.17) is 4.74 Å². The van der Waals surface area contributed by atoms with Crippen molar-refractivity contribution in [3.63, 3.8) is 0 Å². The largest absolute Gasteiger partial charge is 0.457 e. The highest BCUT2D eigenvalue weighted by Crippen LogP contribution is 2.37. The van der Waals surface area contributed by atoms with Crippen LogP contribution in [0.15, 0.2) is 71.8 Å². The number of aromatic amines is 1. The number of nitrogens with zero attached hydrogens (tertiary/aromatic N) is 3. The zero-order valence-corrected chi connectivity index (χ0v) is 19.3. The van der Waals surface area contributed by atoms with Crippen molar-refractivity contribution in [2.45, 2.75) is 6.04 Å². The molecule has 0 atom stereocenters. The van der Waals surface area contributed by atoms with Crippen LogP contribution in [0.2, 0.25) is 0 Å². The second-order valence-corrected chi connectivity index (χ2v) is 9.17. The SMILES string of the molecule is Cn1cc(-c2ccccc2Oc2cccc(N3CC(N4CCNCC4)C3)c2)c2cc[nH]c2c1=O. The molecule has 2 saturated heterocycles. The number of piperazine rings is 1. The molecule has 0 bridgehead atoms. The Bertz CT molecular complexity index is 1380. The zero-order chi connectivity index (χ0) is 23.1. The van der Waals surface area contributed by atoms with Crippen LogP contribution in [0, 0.1) is 0 Å². The molecule has 0 radical (unpaired) electrons. The Hall–Kier alpha value is -3.55. The number of fused-ring (bicyclic) bond motifs is 1. The number of hydrogen-bond donors (Lipinski definition) is 2. The minimum atomic E-state index is -0.0384. The van der Waals surface area contributed by atoms with Gasteiger partial charge in [-0.25, -0.2) is 0 Å². The van der Waals surface area contributed by atoms with Gasteiger partial charge >= 0.3 is 0 Å². The van der Waals surface area contributed by atoms with E-state index in [2.05, 4.69) is 38.3 Å². The third kappa shape index (κ3) is 3.77. The number of anilines is 1. The number of pyridine rings is 1. The number of H-pyrrole nitrogens is 1. The highest BCUT2D eigenvalue weighted by molar-refractivity contribution is 5.95. The van der Waals surface area contributed by atoms with Crippen molar-refractivity contribution < 1.29 is 4.74 Å². The van der Waals surface area contributed by atoms with Gasteiger partial charge in [0.25, 0.3) is 5.56 Å². The normalized spacial score (nSPS) is 17.1. The summed E-state index contributed by atoms with van der Waals surface area (Å²) in [6, 6.07) is 18.9. The smallest absolute Gasteiger partial charge is 0.274 e. The number of aryl methyl sites for hydroxylation is 1. The molecule has 0 amide bonds. The lowest BCUT2D eigenvalue weighted by Gasteiger charge is -2.48. The Morgan fingerprint density at radius 3 is 2.65 bits per heavy atom. The van der Waals surface area contributed by atoms with Crippen LogP contribution in [-0.4, -0.2) is 59.8 Å². The van der Waals surface area contributed by atoms with Crippen molar-refractivity contribution in [1.82, 2.24) is 19.8 Å². The first-order valence-electron chi connectivity index (χ1n) is 11.9. The molecule has 174 valence electrons. The van der Waals surface area contributed by atoms with E-state index in [0.717, 1.165) is 67.3 Å². The first-order chi connectivity index (χ1) is 16.7. The van der Waals surface area contributed by atoms with Gasteiger partial charge in [0, 0.05) is 93.0 Å². The maximum atomic E-state index is 12.5. The van der Waals surface area contributed by atoms with Crippen LogP contribution in [0.25, 0.3) is 22.0 Å². The monoisotopic (exact) mass is 455 g/mol. The van der Waals surface area contributed by atoms with Crippen molar-refractivity contribution >= 4 is 16.6 Å². The highest BCUT2D eigenvalue weighted by Gasteiger charge is 2.32. The van der Waals surface area contributed by atoms with Gasteiger partial charge in [0.2, 0.25) is 0 Å². The molecule has 7 nitrogen and oxygen atoms in total. The summed E-state index contributed by atoms with van der Waals surface area (Å²) in [5, 5.41) is 4.33. The maximum absolute atomic E-state index is 12.5. The minimum Gasteiger partial charge on any atom is -0.457 e. The Morgan fingerprint density at radius 1 is 0.971 bits per heavy atom. The van der Waals surface area contributed by atoms with Gasteiger partial charge < -0.3 is 24.5 Å². The molecular weight excluding hydrogens is 426 g/mol. The summed E-state index contributed by atoms with van der Waals surface area (Å²) >= 11 is 0. The van der Waals surface area contributed by atoms with Crippen LogP contribution >= 0.6 is 0 Å². The van der Waals surface area contributed by atoms with Crippen LogP contribution < -0.4 is 20.5 Å². The molecule has 0 aliphatic carbocycles. The van der Waals surface area contributed by atoms with E-state index in [1.165, 1.54) is 5.69 Å². The summed E-state index contributed by atoms with van der Waals surface area (Å²) in [5.41, 5.74) is 3.68. The van der Waals surface area contributed by atoms with E-state index < -0.39 is 0 Å². The molecule has 2 aromatic carbocycles. The summed E-state index contributed by atoms with van der Waals surface area (Å²) < 4.78 is 8.03. The fourth-order valence-corrected chi connectivity index (χ4v) is 5.08.